The second-order valence-corrected chi connectivity index (χ2v) is 8.92. The molecule has 0 aliphatic carbocycles. The topological polar surface area (TPSA) is 33.5 Å². The lowest BCUT2D eigenvalue weighted by atomic mass is 9.98. The van der Waals surface area contributed by atoms with Gasteiger partial charge in [-0.15, -0.1) is 0 Å². The number of ether oxygens (including phenoxy) is 1. The number of rotatable bonds is 5. The zero-order valence-electron chi connectivity index (χ0n) is 18.4. The van der Waals surface area contributed by atoms with Gasteiger partial charge in [0.25, 0.3) is 0 Å². The van der Waals surface area contributed by atoms with Crippen LogP contribution in [0.4, 0.5) is 0 Å². The third-order valence-corrected chi connectivity index (χ3v) is 6.82. The van der Waals surface area contributed by atoms with E-state index in [1.54, 1.807) is 0 Å². The third kappa shape index (κ3) is 4.83. The molecule has 0 saturated carbocycles. The van der Waals surface area contributed by atoms with E-state index in [2.05, 4.69) is 45.9 Å². The Bertz CT molecular complexity index is 953. The summed E-state index contributed by atoms with van der Waals surface area (Å²) in [6.45, 7) is 4.87. The van der Waals surface area contributed by atoms with E-state index < -0.39 is 0 Å². The lowest BCUT2D eigenvalue weighted by molar-refractivity contribution is 0.0852. The quantitative estimate of drug-likeness (QED) is 0.581. The Labute approximate surface area is 185 Å². The van der Waals surface area contributed by atoms with Crippen molar-refractivity contribution in [1.82, 2.24) is 19.6 Å². The minimum atomic E-state index is 0.511. The maximum absolute atomic E-state index is 5.90. The molecular weight excluding hydrogens is 384 g/mol. The predicted octanol–water partition coefficient (Wildman–Crippen LogP) is 5.07. The van der Waals surface area contributed by atoms with E-state index in [1.165, 1.54) is 51.9 Å². The zero-order valence-corrected chi connectivity index (χ0v) is 18.4. The van der Waals surface area contributed by atoms with Gasteiger partial charge >= 0.3 is 0 Å². The van der Waals surface area contributed by atoms with Crippen molar-refractivity contribution in [2.24, 2.45) is 0 Å². The molecule has 2 aliphatic rings. The van der Waals surface area contributed by atoms with E-state index in [0.717, 1.165) is 28.8 Å². The van der Waals surface area contributed by atoms with Crippen molar-refractivity contribution >= 4 is 0 Å². The fraction of sp³-hybridized carbons (Fsp3) is 0.423. The molecule has 31 heavy (non-hydrogen) atoms. The molecule has 2 aliphatic heterocycles. The summed E-state index contributed by atoms with van der Waals surface area (Å²) >= 11 is 0. The number of nitrogens with zero attached hydrogens (tertiary/aromatic N) is 4. The van der Waals surface area contributed by atoms with Crippen LogP contribution in [0, 0.1) is 0 Å². The molecule has 2 aromatic carbocycles. The molecule has 0 spiro atoms. The van der Waals surface area contributed by atoms with Gasteiger partial charge < -0.3 is 14.5 Å². The van der Waals surface area contributed by atoms with Gasteiger partial charge in [0.05, 0.1) is 11.7 Å². The summed E-state index contributed by atoms with van der Waals surface area (Å²) in [4.78, 5) is 5.17. The Hall–Kier alpha value is -2.63. The first-order valence-corrected chi connectivity index (χ1v) is 11.6. The first-order valence-electron chi connectivity index (χ1n) is 11.6. The van der Waals surface area contributed by atoms with E-state index in [9.17, 15) is 0 Å². The number of hydrogen-bond donors (Lipinski definition) is 0. The molecule has 5 heteroatoms. The van der Waals surface area contributed by atoms with Crippen LogP contribution in [0.15, 0.2) is 66.9 Å². The Morgan fingerprint density at radius 2 is 1.39 bits per heavy atom. The fourth-order valence-electron chi connectivity index (χ4n) is 4.89. The van der Waals surface area contributed by atoms with E-state index in [0.29, 0.717) is 6.04 Å². The number of aromatic nitrogens is 2. The van der Waals surface area contributed by atoms with Crippen LogP contribution in [0.3, 0.4) is 0 Å². The molecule has 0 bridgehead atoms. The van der Waals surface area contributed by atoms with Crippen LogP contribution in [0.25, 0.3) is 11.3 Å². The summed E-state index contributed by atoms with van der Waals surface area (Å²) in [6, 6.07) is 21.5. The molecule has 5 nitrogen and oxygen atoms in total. The van der Waals surface area contributed by atoms with Crippen LogP contribution < -0.4 is 4.74 Å². The van der Waals surface area contributed by atoms with Crippen LogP contribution in [0.2, 0.25) is 0 Å². The molecule has 0 atom stereocenters. The van der Waals surface area contributed by atoms with Gasteiger partial charge in [-0.3, -0.25) is 4.68 Å². The Morgan fingerprint density at radius 1 is 0.742 bits per heavy atom. The number of benzene rings is 2. The minimum Gasteiger partial charge on any atom is -0.457 e. The number of piperidine rings is 2. The average molecular weight is 417 g/mol. The summed E-state index contributed by atoms with van der Waals surface area (Å²) in [5.74, 6) is 1.70. The minimum absolute atomic E-state index is 0.511. The highest BCUT2D eigenvalue weighted by atomic mass is 16.5. The molecular formula is C26H32N4O. The van der Waals surface area contributed by atoms with Crippen molar-refractivity contribution in [1.29, 1.82) is 0 Å². The number of hydrogen-bond acceptors (Lipinski definition) is 4. The van der Waals surface area contributed by atoms with Crippen LogP contribution in [0.1, 0.15) is 31.7 Å². The maximum Gasteiger partial charge on any atom is 0.127 e. The van der Waals surface area contributed by atoms with Gasteiger partial charge in [-0.05, 0) is 88.3 Å². The highest BCUT2D eigenvalue weighted by Crippen LogP contribution is 2.29. The molecule has 1 aromatic heterocycles. The van der Waals surface area contributed by atoms with E-state index in [-0.39, 0.29) is 0 Å². The maximum atomic E-state index is 5.90. The Kier molecular flexibility index (Phi) is 6.05. The first kappa shape index (κ1) is 20.3. The SMILES string of the molecule is CN1CCC(N2CCC(n3ccc(-c4ccc(Oc5ccccc5)cc4)n3)CC2)CC1. The van der Waals surface area contributed by atoms with Gasteiger partial charge in [0.2, 0.25) is 0 Å². The van der Waals surface area contributed by atoms with Crippen molar-refractivity contribution in [3.05, 3.63) is 66.9 Å². The molecule has 2 saturated heterocycles. The van der Waals surface area contributed by atoms with Crippen molar-refractivity contribution in [2.75, 3.05) is 33.2 Å². The number of likely N-dealkylation sites (tertiary alicyclic amines) is 2. The van der Waals surface area contributed by atoms with E-state index >= 15 is 0 Å². The average Bonchev–Trinajstić information content (AvgIpc) is 3.31. The van der Waals surface area contributed by atoms with Crippen LogP contribution in [-0.4, -0.2) is 58.8 Å². The smallest absolute Gasteiger partial charge is 0.127 e. The molecule has 3 heterocycles. The van der Waals surface area contributed by atoms with Gasteiger partial charge in [-0.25, -0.2) is 0 Å². The van der Waals surface area contributed by atoms with Crippen LogP contribution in [-0.2, 0) is 0 Å². The Balaban J connectivity index is 1.18. The third-order valence-electron chi connectivity index (χ3n) is 6.82. The summed E-state index contributed by atoms with van der Waals surface area (Å²) < 4.78 is 8.09. The first-order chi connectivity index (χ1) is 15.2. The van der Waals surface area contributed by atoms with E-state index in [1.807, 2.05) is 42.5 Å². The molecule has 5 rings (SSSR count). The lowest BCUT2D eigenvalue weighted by Gasteiger charge is -2.41. The summed E-state index contributed by atoms with van der Waals surface area (Å²) in [6.07, 6.45) is 7.17. The second kappa shape index (κ2) is 9.25. The molecule has 162 valence electrons. The van der Waals surface area contributed by atoms with Crippen molar-refractivity contribution < 1.29 is 4.74 Å². The lowest BCUT2D eigenvalue weighted by Crippen LogP contribution is -2.47. The summed E-state index contributed by atoms with van der Waals surface area (Å²) in [5, 5.41) is 4.92. The van der Waals surface area contributed by atoms with Crippen LogP contribution in [0.5, 0.6) is 11.5 Å². The highest BCUT2D eigenvalue weighted by Gasteiger charge is 2.28. The zero-order chi connectivity index (χ0) is 21.0. The molecule has 2 fully saturated rings. The summed E-state index contributed by atoms with van der Waals surface area (Å²) in [7, 11) is 2.24. The van der Waals surface area contributed by atoms with Gasteiger partial charge in [-0.1, -0.05) is 18.2 Å². The van der Waals surface area contributed by atoms with E-state index in [4.69, 9.17) is 9.84 Å². The van der Waals surface area contributed by atoms with Gasteiger partial charge in [0.1, 0.15) is 11.5 Å². The van der Waals surface area contributed by atoms with Gasteiger partial charge in [0, 0.05) is 30.9 Å². The molecule has 0 N–H and O–H groups in total. The standard InChI is InChI=1S/C26H32N4O/c1-28-16-11-22(12-17-28)29-18-13-23(14-19-29)30-20-15-26(27-30)21-7-9-25(10-8-21)31-24-5-3-2-4-6-24/h2-10,15,20,22-23H,11-14,16-19H2,1H3. The summed E-state index contributed by atoms with van der Waals surface area (Å²) in [5.41, 5.74) is 2.16. The van der Waals surface area contributed by atoms with Gasteiger partial charge in [0.15, 0.2) is 0 Å². The fourth-order valence-corrected chi connectivity index (χ4v) is 4.89. The molecule has 0 radical (unpaired) electrons. The largest absolute Gasteiger partial charge is 0.457 e. The predicted molar refractivity (Wildman–Crippen MR) is 125 cm³/mol. The van der Waals surface area contributed by atoms with Gasteiger partial charge in [-0.2, -0.15) is 5.10 Å². The van der Waals surface area contributed by atoms with Crippen LogP contribution >= 0.6 is 0 Å². The highest BCUT2D eigenvalue weighted by molar-refractivity contribution is 5.59. The second-order valence-electron chi connectivity index (χ2n) is 8.92. The monoisotopic (exact) mass is 416 g/mol. The normalized spacial score (nSPS) is 19.5. The van der Waals surface area contributed by atoms with Crippen molar-refractivity contribution in [3.8, 4) is 22.8 Å². The van der Waals surface area contributed by atoms with Crippen molar-refractivity contribution in [2.45, 2.75) is 37.8 Å². The number of para-hydroxylation sites is 1. The van der Waals surface area contributed by atoms with Crippen molar-refractivity contribution in [3.63, 3.8) is 0 Å². The molecule has 0 amide bonds. The molecule has 0 unspecified atom stereocenters. The molecule has 3 aromatic rings. The Morgan fingerprint density at radius 3 is 2.10 bits per heavy atom.